The number of primary amides is 1. The zero-order valence-corrected chi connectivity index (χ0v) is 10.5. The van der Waals surface area contributed by atoms with Gasteiger partial charge in [0.25, 0.3) is 0 Å². The van der Waals surface area contributed by atoms with Gasteiger partial charge in [-0.25, -0.2) is 4.39 Å². The Labute approximate surface area is 110 Å². The molecule has 1 saturated heterocycles. The molecule has 2 rings (SSSR count). The molecule has 1 aromatic rings. The molecule has 1 aliphatic rings. The lowest BCUT2D eigenvalue weighted by atomic mass is 10.1. The Hall–Kier alpha value is -1.69. The van der Waals surface area contributed by atoms with E-state index in [4.69, 9.17) is 23.7 Å². The lowest BCUT2D eigenvalue weighted by molar-refractivity contribution is -0.119. The summed E-state index contributed by atoms with van der Waals surface area (Å²) in [5.74, 6) is -0.888. The van der Waals surface area contributed by atoms with Crippen molar-refractivity contribution in [2.45, 2.75) is 18.9 Å². The van der Waals surface area contributed by atoms with Crippen LogP contribution in [0.4, 0.5) is 10.1 Å². The van der Waals surface area contributed by atoms with Crippen LogP contribution in [0.3, 0.4) is 0 Å². The van der Waals surface area contributed by atoms with Crippen molar-refractivity contribution in [3.63, 3.8) is 0 Å². The fraction of sp³-hybridized carbons (Fsp3) is 0.333. The molecule has 1 aromatic carbocycles. The second-order valence-electron chi connectivity index (χ2n) is 4.25. The zero-order chi connectivity index (χ0) is 13.3. The van der Waals surface area contributed by atoms with Crippen molar-refractivity contribution in [2.75, 3.05) is 11.4 Å². The van der Waals surface area contributed by atoms with Gasteiger partial charge >= 0.3 is 0 Å². The maximum atomic E-state index is 13.8. The zero-order valence-electron chi connectivity index (χ0n) is 9.73. The van der Waals surface area contributed by atoms with E-state index in [1.54, 1.807) is 17.0 Å². The van der Waals surface area contributed by atoms with Gasteiger partial charge in [0.1, 0.15) is 16.8 Å². The van der Waals surface area contributed by atoms with E-state index in [1.165, 1.54) is 6.07 Å². The van der Waals surface area contributed by atoms with E-state index in [2.05, 4.69) is 0 Å². The number of carbonyl (C=O) groups is 1. The molecule has 6 heteroatoms. The summed E-state index contributed by atoms with van der Waals surface area (Å²) in [7, 11) is 0. The first-order valence-corrected chi connectivity index (χ1v) is 6.07. The van der Waals surface area contributed by atoms with Crippen LogP contribution in [0.5, 0.6) is 0 Å². The molecule has 0 spiro atoms. The standard InChI is InChI=1S/C12H14FN3OS/c13-7-3-1-4-8(10(7)12(15)18)16-6-2-5-9(16)11(14)17/h1,3-4,9H,2,5-6H2,(H2,14,17)(H2,15,18). The Morgan fingerprint density at radius 1 is 1.44 bits per heavy atom. The summed E-state index contributed by atoms with van der Waals surface area (Å²) in [4.78, 5) is 13.1. The van der Waals surface area contributed by atoms with Gasteiger partial charge in [-0.05, 0) is 25.0 Å². The Bertz CT molecular complexity index is 506. The molecule has 96 valence electrons. The van der Waals surface area contributed by atoms with Crippen LogP contribution in [0.15, 0.2) is 18.2 Å². The van der Waals surface area contributed by atoms with Crippen molar-refractivity contribution >= 4 is 28.8 Å². The molecule has 1 aliphatic heterocycles. The van der Waals surface area contributed by atoms with Gasteiger partial charge in [-0.2, -0.15) is 0 Å². The average molecular weight is 267 g/mol. The summed E-state index contributed by atoms with van der Waals surface area (Å²) >= 11 is 4.87. The fourth-order valence-electron chi connectivity index (χ4n) is 2.35. The summed E-state index contributed by atoms with van der Waals surface area (Å²) in [6.45, 7) is 0.646. The smallest absolute Gasteiger partial charge is 0.240 e. The fourth-order valence-corrected chi connectivity index (χ4v) is 2.55. The van der Waals surface area contributed by atoms with Crippen LogP contribution in [-0.2, 0) is 4.79 Å². The van der Waals surface area contributed by atoms with E-state index in [0.29, 0.717) is 18.7 Å². The third-order valence-corrected chi connectivity index (χ3v) is 3.33. The molecule has 0 bridgehead atoms. The molecule has 0 radical (unpaired) electrons. The van der Waals surface area contributed by atoms with Crippen LogP contribution in [0, 0.1) is 5.82 Å². The molecule has 1 unspecified atom stereocenters. The van der Waals surface area contributed by atoms with Gasteiger partial charge in [0.2, 0.25) is 5.91 Å². The number of hydrogen-bond acceptors (Lipinski definition) is 3. The van der Waals surface area contributed by atoms with Gasteiger partial charge in [0, 0.05) is 6.54 Å². The highest BCUT2D eigenvalue weighted by Gasteiger charge is 2.31. The van der Waals surface area contributed by atoms with E-state index in [1.807, 2.05) is 0 Å². The molecular formula is C12H14FN3OS. The summed E-state index contributed by atoms with van der Waals surface area (Å²) in [6, 6.07) is 4.16. The van der Waals surface area contributed by atoms with Gasteiger partial charge in [-0.15, -0.1) is 0 Å². The SMILES string of the molecule is NC(=O)C1CCCN1c1cccc(F)c1C(N)=S. The van der Waals surface area contributed by atoms with Gasteiger partial charge in [-0.1, -0.05) is 18.3 Å². The molecule has 0 aromatic heterocycles. The maximum absolute atomic E-state index is 13.8. The van der Waals surface area contributed by atoms with E-state index >= 15 is 0 Å². The summed E-state index contributed by atoms with van der Waals surface area (Å²) in [5.41, 5.74) is 11.6. The van der Waals surface area contributed by atoms with Gasteiger partial charge in [0.15, 0.2) is 0 Å². The number of halogens is 1. The topological polar surface area (TPSA) is 72.4 Å². The molecule has 1 heterocycles. The Morgan fingerprint density at radius 2 is 2.17 bits per heavy atom. The monoisotopic (exact) mass is 267 g/mol. The molecular weight excluding hydrogens is 253 g/mol. The first-order valence-electron chi connectivity index (χ1n) is 5.66. The maximum Gasteiger partial charge on any atom is 0.240 e. The van der Waals surface area contributed by atoms with Crippen LogP contribution in [0.25, 0.3) is 0 Å². The lowest BCUT2D eigenvalue weighted by Crippen LogP contribution is -2.41. The highest BCUT2D eigenvalue weighted by atomic mass is 32.1. The highest BCUT2D eigenvalue weighted by molar-refractivity contribution is 7.80. The predicted molar refractivity (Wildman–Crippen MR) is 71.8 cm³/mol. The first-order chi connectivity index (χ1) is 8.52. The minimum atomic E-state index is -0.477. The number of nitrogens with two attached hydrogens (primary N) is 2. The minimum Gasteiger partial charge on any atom is -0.389 e. The number of nitrogens with zero attached hydrogens (tertiary/aromatic N) is 1. The minimum absolute atomic E-state index is 0.0155. The van der Waals surface area contributed by atoms with Crippen LogP contribution in [-0.4, -0.2) is 23.5 Å². The molecule has 0 aliphatic carbocycles. The lowest BCUT2D eigenvalue weighted by Gasteiger charge is -2.26. The van der Waals surface area contributed by atoms with Crippen molar-refractivity contribution in [1.29, 1.82) is 0 Å². The van der Waals surface area contributed by atoms with Gasteiger partial charge in [-0.3, -0.25) is 4.79 Å². The van der Waals surface area contributed by atoms with Crippen molar-refractivity contribution in [3.05, 3.63) is 29.6 Å². The Morgan fingerprint density at radius 3 is 2.78 bits per heavy atom. The van der Waals surface area contributed by atoms with E-state index in [-0.39, 0.29) is 10.6 Å². The van der Waals surface area contributed by atoms with Crippen LogP contribution in [0.2, 0.25) is 0 Å². The third-order valence-electron chi connectivity index (χ3n) is 3.13. The Kier molecular flexibility index (Phi) is 3.47. The van der Waals surface area contributed by atoms with Crippen LogP contribution < -0.4 is 16.4 Å². The molecule has 4 N–H and O–H groups in total. The molecule has 0 saturated carbocycles. The van der Waals surface area contributed by atoms with Crippen molar-refractivity contribution in [3.8, 4) is 0 Å². The summed E-state index contributed by atoms with van der Waals surface area (Å²) < 4.78 is 13.8. The number of carbonyl (C=O) groups excluding carboxylic acids is 1. The molecule has 1 fully saturated rings. The number of amides is 1. The third kappa shape index (κ3) is 2.15. The van der Waals surface area contributed by atoms with Crippen molar-refractivity contribution < 1.29 is 9.18 Å². The normalized spacial score (nSPS) is 18.9. The predicted octanol–water partition coefficient (Wildman–Crippen LogP) is 0.914. The number of thiocarbonyl (C=S) groups is 1. The average Bonchev–Trinajstić information content (AvgIpc) is 2.76. The number of rotatable bonds is 3. The quantitative estimate of drug-likeness (QED) is 0.799. The van der Waals surface area contributed by atoms with E-state index < -0.39 is 17.8 Å². The molecule has 1 atom stereocenters. The molecule has 4 nitrogen and oxygen atoms in total. The largest absolute Gasteiger partial charge is 0.389 e. The molecule has 18 heavy (non-hydrogen) atoms. The first kappa shape index (κ1) is 12.8. The van der Waals surface area contributed by atoms with Gasteiger partial charge in [0.05, 0.1) is 11.3 Å². The Balaban J connectivity index is 2.48. The molecule has 1 amide bonds. The summed E-state index contributed by atoms with van der Waals surface area (Å²) in [6.07, 6.45) is 1.50. The number of hydrogen-bond donors (Lipinski definition) is 2. The number of benzene rings is 1. The second-order valence-corrected chi connectivity index (χ2v) is 4.69. The second kappa shape index (κ2) is 4.89. The van der Waals surface area contributed by atoms with Crippen molar-refractivity contribution in [2.24, 2.45) is 11.5 Å². The van der Waals surface area contributed by atoms with Crippen LogP contribution in [0.1, 0.15) is 18.4 Å². The van der Waals surface area contributed by atoms with E-state index in [0.717, 1.165) is 6.42 Å². The highest BCUT2D eigenvalue weighted by Crippen LogP contribution is 2.30. The van der Waals surface area contributed by atoms with E-state index in [9.17, 15) is 9.18 Å². The van der Waals surface area contributed by atoms with Crippen LogP contribution >= 0.6 is 12.2 Å². The van der Waals surface area contributed by atoms with Crippen molar-refractivity contribution in [1.82, 2.24) is 0 Å². The summed E-state index contributed by atoms with van der Waals surface area (Å²) in [5, 5.41) is 0. The van der Waals surface area contributed by atoms with Gasteiger partial charge < -0.3 is 16.4 Å². The number of anilines is 1.